The van der Waals surface area contributed by atoms with Crippen LogP contribution in [0.3, 0.4) is 0 Å². The molecule has 0 saturated carbocycles. The molecule has 0 fully saturated rings. The van der Waals surface area contributed by atoms with Gasteiger partial charge in [0, 0.05) is 81.2 Å². The minimum atomic E-state index is 0.830. The van der Waals surface area contributed by atoms with Gasteiger partial charge < -0.3 is 18.6 Å². The molecular formula is C54H38N4O2. The molecule has 0 bridgehead atoms. The van der Waals surface area contributed by atoms with Crippen molar-refractivity contribution in [2.75, 3.05) is 9.80 Å². The van der Waals surface area contributed by atoms with Crippen LogP contribution in [0.4, 0.5) is 34.1 Å². The molecule has 0 atom stereocenters. The van der Waals surface area contributed by atoms with E-state index in [4.69, 9.17) is 8.83 Å². The lowest BCUT2D eigenvalue weighted by atomic mass is 10.0. The first-order valence-corrected chi connectivity index (χ1v) is 19.9. The topological polar surface area (TPSA) is 58.5 Å². The van der Waals surface area contributed by atoms with Crippen molar-refractivity contribution in [3.8, 4) is 56.4 Å². The van der Waals surface area contributed by atoms with Crippen molar-refractivity contribution in [2.24, 2.45) is 0 Å². The molecule has 10 aromatic rings. The van der Waals surface area contributed by atoms with E-state index in [1.807, 2.05) is 110 Å². The maximum Gasteiger partial charge on any atom is 0.134 e. The van der Waals surface area contributed by atoms with E-state index in [-0.39, 0.29) is 0 Å². The molecular weight excluding hydrogens is 737 g/mol. The standard InChI is InChI=1S/C54H38N4O2/c1-3-7-41(8-4-1)51-27-29-53(59-51)43-15-23-47(24-16-43)57(49-31-35-55-36-32-49)45-19-11-39(12-20-45)40-13-21-46(22-14-40)58(50-33-37-56-38-34-50)48-25-17-44(18-26-48)54-30-28-52(60-54)42-9-5-2-6-10-42/h1-38H. The van der Waals surface area contributed by atoms with E-state index < -0.39 is 0 Å². The minimum absolute atomic E-state index is 0.830. The molecule has 6 aromatic carbocycles. The third-order valence-corrected chi connectivity index (χ3v) is 10.6. The molecule has 6 nitrogen and oxygen atoms in total. The average Bonchev–Trinajstić information content (AvgIpc) is 4.04. The van der Waals surface area contributed by atoms with Crippen LogP contribution in [-0.2, 0) is 0 Å². The van der Waals surface area contributed by atoms with Crippen LogP contribution < -0.4 is 9.80 Å². The average molecular weight is 775 g/mol. The van der Waals surface area contributed by atoms with Crippen molar-refractivity contribution in [3.63, 3.8) is 0 Å². The van der Waals surface area contributed by atoms with Crippen molar-refractivity contribution in [2.45, 2.75) is 0 Å². The van der Waals surface area contributed by atoms with Crippen LogP contribution in [-0.4, -0.2) is 9.97 Å². The fourth-order valence-corrected chi connectivity index (χ4v) is 7.54. The first kappa shape index (κ1) is 36.1. The van der Waals surface area contributed by atoms with E-state index in [9.17, 15) is 0 Å². The lowest BCUT2D eigenvalue weighted by molar-refractivity contribution is 0.597. The fraction of sp³-hybridized carbons (Fsp3) is 0. The smallest absolute Gasteiger partial charge is 0.134 e. The Hall–Kier alpha value is -8.22. The fourth-order valence-electron chi connectivity index (χ4n) is 7.54. The monoisotopic (exact) mass is 774 g/mol. The van der Waals surface area contributed by atoms with Gasteiger partial charge in [-0.2, -0.15) is 0 Å². The van der Waals surface area contributed by atoms with Gasteiger partial charge in [-0.25, -0.2) is 0 Å². The molecule has 0 saturated heterocycles. The summed E-state index contributed by atoms with van der Waals surface area (Å²) < 4.78 is 12.5. The van der Waals surface area contributed by atoms with E-state index in [1.54, 1.807) is 0 Å². The van der Waals surface area contributed by atoms with Gasteiger partial charge in [-0.1, -0.05) is 84.9 Å². The largest absolute Gasteiger partial charge is 0.456 e. The van der Waals surface area contributed by atoms with Gasteiger partial charge in [-0.15, -0.1) is 0 Å². The highest BCUT2D eigenvalue weighted by molar-refractivity contribution is 5.82. The van der Waals surface area contributed by atoms with Crippen molar-refractivity contribution in [1.29, 1.82) is 0 Å². The number of pyridine rings is 2. The third-order valence-electron chi connectivity index (χ3n) is 10.6. The second-order valence-corrected chi connectivity index (χ2v) is 14.3. The van der Waals surface area contributed by atoms with Crippen LogP contribution in [0.15, 0.2) is 240 Å². The molecule has 60 heavy (non-hydrogen) atoms. The Morgan fingerprint density at radius 1 is 0.233 bits per heavy atom. The summed E-state index contributed by atoms with van der Waals surface area (Å²) in [5.74, 6) is 3.36. The summed E-state index contributed by atoms with van der Waals surface area (Å²) in [5, 5.41) is 0. The third kappa shape index (κ3) is 7.49. The Kier molecular flexibility index (Phi) is 9.84. The summed E-state index contributed by atoms with van der Waals surface area (Å²) in [7, 11) is 0. The highest BCUT2D eigenvalue weighted by Gasteiger charge is 2.16. The van der Waals surface area contributed by atoms with Crippen LogP contribution in [0.25, 0.3) is 56.4 Å². The van der Waals surface area contributed by atoms with Gasteiger partial charge in [-0.05, 0) is 132 Å². The minimum Gasteiger partial charge on any atom is -0.456 e. The van der Waals surface area contributed by atoms with Gasteiger partial charge in [0.15, 0.2) is 0 Å². The molecule has 0 aliphatic rings. The van der Waals surface area contributed by atoms with E-state index in [0.29, 0.717) is 0 Å². The molecule has 286 valence electrons. The van der Waals surface area contributed by atoms with Crippen molar-refractivity contribution >= 4 is 34.1 Å². The molecule has 0 radical (unpaired) electrons. The van der Waals surface area contributed by atoms with Crippen molar-refractivity contribution in [3.05, 3.63) is 231 Å². The molecule has 4 heterocycles. The zero-order valence-corrected chi connectivity index (χ0v) is 32.5. The summed E-state index contributed by atoms with van der Waals surface area (Å²) in [5.41, 5.74) is 12.6. The predicted octanol–water partition coefficient (Wildman–Crippen LogP) is 14.9. The molecule has 0 aliphatic carbocycles. The van der Waals surface area contributed by atoms with Gasteiger partial charge in [0.1, 0.15) is 23.0 Å². The highest BCUT2D eigenvalue weighted by atomic mass is 16.3. The quantitative estimate of drug-likeness (QED) is 0.130. The number of furan rings is 2. The number of aromatic nitrogens is 2. The number of anilines is 6. The zero-order chi connectivity index (χ0) is 40.1. The number of benzene rings is 6. The van der Waals surface area contributed by atoms with Gasteiger partial charge in [-0.3, -0.25) is 9.97 Å². The van der Waals surface area contributed by atoms with Gasteiger partial charge in [0.25, 0.3) is 0 Å². The molecule has 6 heteroatoms. The van der Waals surface area contributed by atoms with Gasteiger partial charge >= 0.3 is 0 Å². The summed E-state index contributed by atoms with van der Waals surface area (Å²) in [6.07, 6.45) is 7.30. The maximum atomic E-state index is 6.25. The summed E-state index contributed by atoms with van der Waals surface area (Å²) >= 11 is 0. The Morgan fingerprint density at radius 3 is 0.783 bits per heavy atom. The summed E-state index contributed by atoms with van der Waals surface area (Å²) in [6.45, 7) is 0. The molecule has 4 aromatic heterocycles. The highest BCUT2D eigenvalue weighted by Crippen LogP contribution is 2.40. The SMILES string of the molecule is c1ccc(-c2ccc(-c3ccc(N(c4ccncc4)c4ccc(-c5ccc(N(c6ccncc6)c6ccc(-c7ccc(-c8ccccc8)o7)cc6)cc5)cc4)cc3)o2)cc1. The van der Waals surface area contributed by atoms with E-state index in [2.05, 4.69) is 141 Å². The number of hydrogen-bond donors (Lipinski definition) is 0. The number of rotatable bonds is 11. The Labute approximate surface area is 348 Å². The first-order chi connectivity index (χ1) is 29.7. The maximum absolute atomic E-state index is 6.25. The molecule has 0 unspecified atom stereocenters. The summed E-state index contributed by atoms with van der Waals surface area (Å²) in [4.78, 5) is 13.0. The number of nitrogens with zero attached hydrogens (tertiary/aromatic N) is 4. The number of hydrogen-bond acceptors (Lipinski definition) is 6. The summed E-state index contributed by atoms with van der Waals surface area (Å²) in [6, 6.07) is 70.9. The second kappa shape index (κ2) is 16.3. The van der Waals surface area contributed by atoms with Crippen molar-refractivity contribution < 1.29 is 8.83 Å². The van der Waals surface area contributed by atoms with Gasteiger partial charge in [0.2, 0.25) is 0 Å². The Bertz CT molecular complexity index is 2720. The lowest BCUT2D eigenvalue weighted by Gasteiger charge is -2.26. The van der Waals surface area contributed by atoms with Crippen LogP contribution in [0.5, 0.6) is 0 Å². The first-order valence-electron chi connectivity index (χ1n) is 19.9. The normalized spacial score (nSPS) is 11.0. The molecule has 10 rings (SSSR count). The van der Waals surface area contributed by atoms with Crippen LogP contribution in [0.2, 0.25) is 0 Å². The van der Waals surface area contributed by atoms with Crippen LogP contribution >= 0.6 is 0 Å². The van der Waals surface area contributed by atoms with Crippen molar-refractivity contribution in [1.82, 2.24) is 9.97 Å². The lowest BCUT2D eigenvalue weighted by Crippen LogP contribution is -2.10. The molecule has 0 N–H and O–H groups in total. The van der Waals surface area contributed by atoms with Crippen LogP contribution in [0, 0.1) is 0 Å². The van der Waals surface area contributed by atoms with E-state index in [1.165, 1.54) is 0 Å². The molecule has 0 aliphatic heterocycles. The second-order valence-electron chi connectivity index (χ2n) is 14.3. The molecule has 0 spiro atoms. The Balaban J connectivity index is 0.899. The predicted molar refractivity (Wildman–Crippen MR) is 243 cm³/mol. The van der Waals surface area contributed by atoms with Gasteiger partial charge in [0.05, 0.1) is 0 Å². The van der Waals surface area contributed by atoms with Crippen LogP contribution in [0.1, 0.15) is 0 Å². The molecule has 0 amide bonds. The van der Waals surface area contributed by atoms with E-state index >= 15 is 0 Å². The zero-order valence-electron chi connectivity index (χ0n) is 32.5. The van der Waals surface area contributed by atoms with E-state index in [0.717, 1.165) is 90.5 Å². The Morgan fingerprint density at radius 2 is 0.483 bits per heavy atom.